The molecule has 0 aliphatic heterocycles. The first-order valence-corrected chi connectivity index (χ1v) is 5.87. The summed E-state index contributed by atoms with van der Waals surface area (Å²) in [5, 5.41) is 0. The molecule has 0 radical (unpaired) electrons. The van der Waals surface area contributed by atoms with Gasteiger partial charge in [0.2, 0.25) is 0 Å². The molecule has 2 aliphatic carbocycles. The Labute approximate surface area is 94.7 Å². The zero-order valence-corrected chi connectivity index (χ0v) is 9.27. The van der Waals surface area contributed by atoms with Crippen LogP contribution in [0, 0.1) is 17.8 Å². The maximum atomic E-state index is 12.3. The van der Waals surface area contributed by atoms with Crippen LogP contribution in [0.1, 0.15) is 40.5 Å². The van der Waals surface area contributed by atoms with Gasteiger partial charge in [-0.25, -0.2) is 0 Å². The number of hydrogen-bond donors (Lipinski definition) is 0. The van der Waals surface area contributed by atoms with Crippen LogP contribution in [0.3, 0.4) is 0 Å². The second-order valence-electron chi connectivity index (χ2n) is 4.93. The van der Waals surface area contributed by atoms with E-state index in [4.69, 9.17) is 0 Å². The summed E-state index contributed by atoms with van der Waals surface area (Å²) in [6, 6.07) is 7.23. The Hall–Kier alpha value is -1.44. The molecule has 1 saturated carbocycles. The Morgan fingerprint density at radius 3 is 2.12 bits per heavy atom. The number of fused-ring (bicyclic) bond motifs is 1. The summed E-state index contributed by atoms with van der Waals surface area (Å²) in [5.41, 5.74) is 1.26. The van der Waals surface area contributed by atoms with E-state index in [1.807, 2.05) is 19.1 Å². The topological polar surface area (TPSA) is 34.1 Å². The van der Waals surface area contributed by atoms with Crippen molar-refractivity contribution in [2.45, 2.75) is 19.8 Å². The van der Waals surface area contributed by atoms with Gasteiger partial charge in [-0.05, 0) is 18.8 Å². The first kappa shape index (κ1) is 9.76. The minimum Gasteiger partial charge on any atom is -0.294 e. The van der Waals surface area contributed by atoms with Gasteiger partial charge in [0.15, 0.2) is 11.6 Å². The van der Waals surface area contributed by atoms with Gasteiger partial charge in [-0.3, -0.25) is 9.59 Å². The highest BCUT2D eigenvalue weighted by Gasteiger charge is 2.46. The van der Waals surface area contributed by atoms with Crippen LogP contribution in [0.2, 0.25) is 0 Å². The average Bonchev–Trinajstić information content (AvgIpc) is 3.11. The molecule has 0 bridgehead atoms. The van der Waals surface area contributed by atoms with Crippen molar-refractivity contribution in [3.8, 4) is 0 Å². The third kappa shape index (κ3) is 1.26. The molecule has 1 aromatic carbocycles. The van der Waals surface area contributed by atoms with Gasteiger partial charge in [0.1, 0.15) is 0 Å². The predicted octanol–water partition coefficient (Wildman–Crippen LogP) is 2.73. The average molecular weight is 214 g/mol. The SMILES string of the molecule is CC1C(=O)c2ccccc2C(=O)C1C1CC1. The van der Waals surface area contributed by atoms with Crippen LogP contribution >= 0.6 is 0 Å². The van der Waals surface area contributed by atoms with Gasteiger partial charge in [-0.15, -0.1) is 0 Å². The number of Topliss-reactive ketones (excluding diaryl/α,β-unsaturated/α-hetero) is 2. The first-order chi connectivity index (χ1) is 7.70. The first-order valence-electron chi connectivity index (χ1n) is 5.87. The zero-order chi connectivity index (χ0) is 11.3. The van der Waals surface area contributed by atoms with Crippen LogP contribution in [0.5, 0.6) is 0 Å². The lowest BCUT2D eigenvalue weighted by Crippen LogP contribution is -2.36. The molecule has 1 aromatic rings. The standard InChI is InChI=1S/C14H14O2/c1-8-12(9-6-7-9)14(16)11-5-3-2-4-10(11)13(8)15/h2-5,8-9,12H,6-7H2,1H3. The summed E-state index contributed by atoms with van der Waals surface area (Å²) in [5.74, 6) is 0.606. The van der Waals surface area contributed by atoms with Gasteiger partial charge in [-0.1, -0.05) is 31.2 Å². The minimum absolute atomic E-state index is 0.0533. The molecule has 0 aromatic heterocycles. The van der Waals surface area contributed by atoms with E-state index in [1.165, 1.54) is 0 Å². The van der Waals surface area contributed by atoms with E-state index in [0.29, 0.717) is 17.0 Å². The van der Waals surface area contributed by atoms with Crippen LogP contribution in [-0.4, -0.2) is 11.6 Å². The number of rotatable bonds is 1. The molecule has 0 saturated heterocycles. The molecular weight excluding hydrogens is 200 g/mol. The van der Waals surface area contributed by atoms with Gasteiger partial charge in [-0.2, -0.15) is 0 Å². The van der Waals surface area contributed by atoms with Gasteiger partial charge in [0.25, 0.3) is 0 Å². The van der Waals surface area contributed by atoms with Crippen molar-refractivity contribution in [3.05, 3.63) is 35.4 Å². The van der Waals surface area contributed by atoms with Crippen molar-refractivity contribution in [2.75, 3.05) is 0 Å². The third-order valence-corrected chi connectivity index (χ3v) is 3.84. The van der Waals surface area contributed by atoms with Gasteiger partial charge < -0.3 is 0 Å². The maximum Gasteiger partial charge on any atom is 0.167 e. The van der Waals surface area contributed by atoms with Crippen molar-refractivity contribution in [1.82, 2.24) is 0 Å². The molecule has 3 rings (SSSR count). The highest BCUT2D eigenvalue weighted by Crippen LogP contribution is 2.45. The monoisotopic (exact) mass is 214 g/mol. The Balaban J connectivity index is 2.12. The quantitative estimate of drug-likeness (QED) is 0.720. The van der Waals surface area contributed by atoms with Gasteiger partial charge >= 0.3 is 0 Å². The molecule has 1 fully saturated rings. The van der Waals surface area contributed by atoms with Gasteiger partial charge in [0, 0.05) is 23.0 Å². The molecule has 16 heavy (non-hydrogen) atoms. The number of hydrogen-bond acceptors (Lipinski definition) is 2. The van der Waals surface area contributed by atoms with Crippen LogP contribution in [0.15, 0.2) is 24.3 Å². The minimum atomic E-state index is -0.130. The highest BCUT2D eigenvalue weighted by molar-refractivity contribution is 6.16. The summed E-state index contributed by atoms with van der Waals surface area (Å²) >= 11 is 0. The molecule has 2 heteroatoms. The van der Waals surface area contributed by atoms with E-state index in [2.05, 4.69) is 0 Å². The Kier molecular flexibility index (Phi) is 2.00. The summed E-state index contributed by atoms with van der Waals surface area (Å²) in [4.78, 5) is 24.5. The molecule has 0 spiro atoms. The van der Waals surface area contributed by atoms with Crippen LogP contribution < -0.4 is 0 Å². The molecule has 2 unspecified atom stereocenters. The molecule has 82 valence electrons. The van der Waals surface area contributed by atoms with Crippen LogP contribution in [0.25, 0.3) is 0 Å². The highest BCUT2D eigenvalue weighted by atomic mass is 16.1. The van der Waals surface area contributed by atoms with Crippen molar-refractivity contribution in [2.24, 2.45) is 17.8 Å². The summed E-state index contributed by atoms with van der Waals surface area (Å²) in [6.45, 7) is 1.90. The van der Waals surface area contributed by atoms with Gasteiger partial charge in [0.05, 0.1) is 0 Å². The fraction of sp³-hybridized carbons (Fsp3) is 0.429. The smallest absolute Gasteiger partial charge is 0.167 e. The summed E-state index contributed by atoms with van der Waals surface area (Å²) in [7, 11) is 0. The Bertz CT molecular complexity index is 471. The van der Waals surface area contributed by atoms with E-state index in [1.54, 1.807) is 12.1 Å². The fourth-order valence-corrected chi connectivity index (χ4v) is 2.81. The van der Waals surface area contributed by atoms with E-state index in [-0.39, 0.29) is 23.4 Å². The zero-order valence-electron chi connectivity index (χ0n) is 9.27. The Morgan fingerprint density at radius 1 is 1.00 bits per heavy atom. The summed E-state index contributed by atoms with van der Waals surface area (Å²) < 4.78 is 0. The van der Waals surface area contributed by atoms with Crippen LogP contribution in [0.4, 0.5) is 0 Å². The second-order valence-corrected chi connectivity index (χ2v) is 4.93. The van der Waals surface area contributed by atoms with Crippen molar-refractivity contribution in [1.29, 1.82) is 0 Å². The molecule has 0 heterocycles. The molecular formula is C14H14O2. The number of ketones is 2. The maximum absolute atomic E-state index is 12.3. The lowest BCUT2D eigenvalue weighted by atomic mass is 9.73. The molecule has 0 amide bonds. The number of benzene rings is 1. The predicted molar refractivity (Wildman–Crippen MR) is 60.5 cm³/mol. The van der Waals surface area contributed by atoms with E-state index in [0.717, 1.165) is 12.8 Å². The summed E-state index contributed by atoms with van der Waals surface area (Å²) in [6.07, 6.45) is 2.21. The molecule has 2 atom stereocenters. The van der Waals surface area contributed by atoms with Crippen molar-refractivity contribution in [3.63, 3.8) is 0 Å². The van der Waals surface area contributed by atoms with E-state index in [9.17, 15) is 9.59 Å². The fourth-order valence-electron chi connectivity index (χ4n) is 2.81. The largest absolute Gasteiger partial charge is 0.294 e. The lowest BCUT2D eigenvalue weighted by Gasteiger charge is -2.28. The number of carbonyl (C=O) groups is 2. The number of carbonyl (C=O) groups excluding carboxylic acids is 2. The van der Waals surface area contributed by atoms with Crippen molar-refractivity contribution >= 4 is 11.6 Å². The van der Waals surface area contributed by atoms with Crippen molar-refractivity contribution < 1.29 is 9.59 Å². The normalized spacial score (nSPS) is 29.1. The third-order valence-electron chi connectivity index (χ3n) is 3.84. The molecule has 2 aliphatic rings. The molecule has 2 nitrogen and oxygen atoms in total. The lowest BCUT2D eigenvalue weighted by molar-refractivity contribution is 0.0726. The van der Waals surface area contributed by atoms with E-state index < -0.39 is 0 Å². The Morgan fingerprint density at radius 2 is 1.56 bits per heavy atom. The molecule has 0 N–H and O–H groups in total. The van der Waals surface area contributed by atoms with E-state index >= 15 is 0 Å². The second kappa shape index (κ2) is 3.27. The van der Waals surface area contributed by atoms with Crippen LogP contribution in [-0.2, 0) is 0 Å².